The lowest BCUT2D eigenvalue weighted by atomic mass is 10.0. The molecule has 1 aromatic rings. The van der Waals surface area contributed by atoms with Crippen molar-refractivity contribution in [3.63, 3.8) is 0 Å². The van der Waals surface area contributed by atoms with Crippen LogP contribution < -0.4 is 5.73 Å². The molecule has 0 aromatic heterocycles. The van der Waals surface area contributed by atoms with E-state index in [2.05, 4.69) is 49.1 Å². The molecule has 3 atom stereocenters. The molecule has 0 saturated carbocycles. The summed E-state index contributed by atoms with van der Waals surface area (Å²) in [5, 5.41) is 0. The van der Waals surface area contributed by atoms with Crippen LogP contribution in [0.2, 0.25) is 0 Å². The Balaban J connectivity index is 2.18. The van der Waals surface area contributed by atoms with Crippen molar-refractivity contribution in [3.8, 4) is 0 Å². The third-order valence-electron chi connectivity index (χ3n) is 3.86. The molecule has 0 bridgehead atoms. The average Bonchev–Trinajstić information content (AvgIpc) is 2.66. The highest BCUT2D eigenvalue weighted by molar-refractivity contribution is 5.19. The Bertz CT molecular complexity index is 336. The van der Waals surface area contributed by atoms with Crippen molar-refractivity contribution in [1.29, 1.82) is 0 Å². The number of nitrogens with zero attached hydrogens (tertiary/aromatic N) is 1. The Kier molecular flexibility index (Phi) is 4.19. The van der Waals surface area contributed by atoms with E-state index in [1.54, 1.807) is 0 Å². The summed E-state index contributed by atoms with van der Waals surface area (Å²) in [5.41, 5.74) is 7.20. The molecule has 2 rings (SSSR count). The summed E-state index contributed by atoms with van der Waals surface area (Å²) in [6, 6.07) is 12.0. The summed E-state index contributed by atoms with van der Waals surface area (Å²) < 4.78 is 0. The minimum Gasteiger partial charge on any atom is -0.330 e. The van der Waals surface area contributed by atoms with Crippen LogP contribution in [0.15, 0.2) is 30.3 Å². The number of hydrogen-bond acceptors (Lipinski definition) is 2. The Labute approximate surface area is 105 Å². The molecule has 3 unspecified atom stereocenters. The molecule has 1 heterocycles. The van der Waals surface area contributed by atoms with E-state index >= 15 is 0 Å². The Morgan fingerprint density at radius 1 is 1.29 bits per heavy atom. The first-order chi connectivity index (χ1) is 8.22. The van der Waals surface area contributed by atoms with Crippen LogP contribution in [0.1, 0.15) is 38.3 Å². The third kappa shape index (κ3) is 2.88. The van der Waals surface area contributed by atoms with Gasteiger partial charge in [0.25, 0.3) is 0 Å². The number of likely N-dealkylation sites (tertiary alicyclic amines) is 1. The van der Waals surface area contributed by atoms with E-state index in [1.165, 1.54) is 18.5 Å². The molecule has 0 spiro atoms. The van der Waals surface area contributed by atoms with Gasteiger partial charge in [0.2, 0.25) is 0 Å². The van der Waals surface area contributed by atoms with Gasteiger partial charge in [-0.05, 0) is 37.8 Å². The van der Waals surface area contributed by atoms with Gasteiger partial charge < -0.3 is 5.73 Å². The third-order valence-corrected chi connectivity index (χ3v) is 3.86. The topological polar surface area (TPSA) is 29.3 Å². The maximum Gasteiger partial charge on any atom is 0.0363 e. The van der Waals surface area contributed by atoms with Crippen molar-refractivity contribution in [2.45, 2.75) is 38.8 Å². The summed E-state index contributed by atoms with van der Waals surface area (Å²) in [6.07, 6.45) is 2.37. The van der Waals surface area contributed by atoms with E-state index in [-0.39, 0.29) is 0 Å². The summed E-state index contributed by atoms with van der Waals surface area (Å²) in [6.45, 7) is 6.66. The maximum atomic E-state index is 5.79. The van der Waals surface area contributed by atoms with Crippen LogP contribution in [0.3, 0.4) is 0 Å². The highest BCUT2D eigenvalue weighted by Gasteiger charge is 2.31. The predicted molar refractivity (Wildman–Crippen MR) is 72.8 cm³/mol. The van der Waals surface area contributed by atoms with E-state index < -0.39 is 0 Å². The molecule has 1 aromatic carbocycles. The Morgan fingerprint density at radius 2 is 2.00 bits per heavy atom. The standard InChI is InChI=1S/C15H24N2/c1-12-10-13(2)17(11-12)15(8-9-16)14-6-4-3-5-7-14/h3-7,12-13,15H,8-11,16H2,1-2H3. The zero-order valence-electron chi connectivity index (χ0n) is 11.0. The highest BCUT2D eigenvalue weighted by Crippen LogP contribution is 2.33. The zero-order valence-corrected chi connectivity index (χ0v) is 11.0. The lowest BCUT2D eigenvalue weighted by Gasteiger charge is -2.31. The normalized spacial score (nSPS) is 27.2. The minimum atomic E-state index is 0.501. The van der Waals surface area contributed by atoms with Crippen LogP contribution in [0.25, 0.3) is 0 Å². The summed E-state index contributed by atoms with van der Waals surface area (Å²) in [4.78, 5) is 2.63. The van der Waals surface area contributed by atoms with E-state index in [0.29, 0.717) is 12.1 Å². The van der Waals surface area contributed by atoms with Gasteiger partial charge in [0.15, 0.2) is 0 Å². The molecule has 2 nitrogen and oxygen atoms in total. The van der Waals surface area contributed by atoms with Gasteiger partial charge in [0.1, 0.15) is 0 Å². The second kappa shape index (κ2) is 5.65. The van der Waals surface area contributed by atoms with Crippen molar-refractivity contribution in [3.05, 3.63) is 35.9 Å². The molecule has 0 aliphatic carbocycles. The molecule has 0 radical (unpaired) electrons. The number of rotatable bonds is 4. The van der Waals surface area contributed by atoms with Crippen LogP contribution in [-0.2, 0) is 0 Å². The lowest BCUT2D eigenvalue weighted by molar-refractivity contribution is 0.180. The van der Waals surface area contributed by atoms with Crippen LogP contribution in [0.5, 0.6) is 0 Å². The van der Waals surface area contributed by atoms with Crippen molar-refractivity contribution in [1.82, 2.24) is 4.90 Å². The fraction of sp³-hybridized carbons (Fsp3) is 0.600. The predicted octanol–water partition coefficient (Wildman–Crippen LogP) is 2.81. The van der Waals surface area contributed by atoms with Gasteiger partial charge in [-0.25, -0.2) is 0 Å². The summed E-state index contributed by atoms with van der Waals surface area (Å²) >= 11 is 0. The van der Waals surface area contributed by atoms with E-state index in [9.17, 15) is 0 Å². The van der Waals surface area contributed by atoms with Gasteiger partial charge in [-0.2, -0.15) is 0 Å². The second-order valence-electron chi connectivity index (χ2n) is 5.39. The summed E-state index contributed by atoms with van der Waals surface area (Å²) in [7, 11) is 0. The number of nitrogens with two attached hydrogens (primary N) is 1. The van der Waals surface area contributed by atoms with Gasteiger partial charge in [0, 0.05) is 18.6 Å². The summed E-state index contributed by atoms with van der Waals surface area (Å²) in [5.74, 6) is 0.814. The molecule has 1 aliphatic heterocycles. The average molecular weight is 232 g/mol. The maximum absolute atomic E-state index is 5.79. The van der Waals surface area contributed by atoms with Crippen LogP contribution in [0, 0.1) is 5.92 Å². The SMILES string of the molecule is CC1CC(C)N(C(CCN)c2ccccc2)C1. The monoisotopic (exact) mass is 232 g/mol. The fourth-order valence-corrected chi connectivity index (χ4v) is 3.12. The molecule has 2 heteroatoms. The van der Waals surface area contributed by atoms with Crippen molar-refractivity contribution >= 4 is 0 Å². The molecule has 94 valence electrons. The van der Waals surface area contributed by atoms with Crippen molar-refractivity contribution in [2.24, 2.45) is 11.7 Å². The molecule has 2 N–H and O–H groups in total. The molecule has 1 fully saturated rings. The quantitative estimate of drug-likeness (QED) is 0.865. The zero-order chi connectivity index (χ0) is 12.3. The molecule has 1 aliphatic rings. The Hall–Kier alpha value is -0.860. The van der Waals surface area contributed by atoms with Crippen LogP contribution in [0.4, 0.5) is 0 Å². The first kappa shape index (κ1) is 12.6. The first-order valence-corrected chi connectivity index (χ1v) is 6.73. The first-order valence-electron chi connectivity index (χ1n) is 6.73. The fourth-order valence-electron chi connectivity index (χ4n) is 3.12. The highest BCUT2D eigenvalue weighted by atomic mass is 15.2. The van der Waals surface area contributed by atoms with Crippen LogP contribution in [-0.4, -0.2) is 24.0 Å². The number of hydrogen-bond donors (Lipinski definition) is 1. The van der Waals surface area contributed by atoms with E-state index in [1.807, 2.05) is 0 Å². The Morgan fingerprint density at radius 3 is 2.53 bits per heavy atom. The molecule has 1 saturated heterocycles. The van der Waals surface area contributed by atoms with Gasteiger partial charge >= 0.3 is 0 Å². The molecule has 17 heavy (non-hydrogen) atoms. The largest absolute Gasteiger partial charge is 0.330 e. The van der Waals surface area contributed by atoms with Crippen LogP contribution >= 0.6 is 0 Å². The smallest absolute Gasteiger partial charge is 0.0363 e. The molecular formula is C15H24N2. The van der Waals surface area contributed by atoms with Gasteiger partial charge in [-0.15, -0.1) is 0 Å². The van der Waals surface area contributed by atoms with Crippen molar-refractivity contribution < 1.29 is 0 Å². The number of benzene rings is 1. The van der Waals surface area contributed by atoms with Crippen molar-refractivity contribution in [2.75, 3.05) is 13.1 Å². The lowest BCUT2D eigenvalue weighted by Crippen LogP contribution is -2.33. The molecular weight excluding hydrogens is 208 g/mol. The second-order valence-corrected chi connectivity index (χ2v) is 5.39. The van der Waals surface area contributed by atoms with Gasteiger partial charge in [0.05, 0.1) is 0 Å². The minimum absolute atomic E-state index is 0.501. The van der Waals surface area contributed by atoms with E-state index in [4.69, 9.17) is 5.73 Å². The van der Waals surface area contributed by atoms with E-state index in [0.717, 1.165) is 18.9 Å². The molecule has 0 amide bonds. The van der Waals surface area contributed by atoms with Gasteiger partial charge in [-0.1, -0.05) is 37.3 Å². The van der Waals surface area contributed by atoms with Gasteiger partial charge in [-0.3, -0.25) is 4.90 Å².